The van der Waals surface area contributed by atoms with Gasteiger partial charge in [-0.2, -0.15) is 18.3 Å². The monoisotopic (exact) mass is 371 g/mol. The Hall–Kier alpha value is -2.91. The molecule has 138 valence electrons. The Morgan fingerprint density at radius 2 is 1.92 bits per heavy atom. The topological polar surface area (TPSA) is 64.4 Å². The van der Waals surface area contributed by atoms with Gasteiger partial charge in [-0.05, 0) is 13.0 Å². The lowest BCUT2D eigenvalue weighted by Gasteiger charge is -2.28. The number of anilines is 1. The number of ether oxygens (including phenoxy) is 1. The van der Waals surface area contributed by atoms with Crippen molar-refractivity contribution in [2.75, 3.05) is 18.1 Å². The van der Waals surface area contributed by atoms with Crippen LogP contribution in [0.5, 0.6) is 5.75 Å². The van der Waals surface area contributed by atoms with Crippen molar-refractivity contribution in [3.63, 3.8) is 0 Å². The Kier molecular flexibility index (Phi) is 4.21. The molecule has 6 nitrogen and oxygen atoms in total. The lowest BCUT2D eigenvalue weighted by Crippen LogP contribution is -2.38. The van der Waals surface area contributed by atoms with Crippen molar-refractivity contribution in [2.24, 2.45) is 7.05 Å². The summed E-state index contributed by atoms with van der Waals surface area (Å²) < 4.78 is 58.7. The highest BCUT2D eigenvalue weighted by molar-refractivity contribution is 5.98. The number of hydrogen-bond donors (Lipinski definition) is 0. The van der Waals surface area contributed by atoms with E-state index in [1.54, 1.807) is 6.92 Å². The summed E-state index contributed by atoms with van der Waals surface area (Å²) in [6.45, 7) is 1.73. The maximum absolute atomic E-state index is 14.4. The van der Waals surface area contributed by atoms with E-state index in [-0.39, 0.29) is 36.1 Å². The minimum absolute atomic E-state index is 0.108. The highest BCUT2D eigenvalue weighted by Crippen LogP contribution is 2.37. The molecule has 1 aliphatic heterocycles. The highest BCUT2D eigenvalue weighted by Gasteiger charge is 2.35. The number of alkyl halides is 3. The summed E-state index contributed by atoms with van der Waals surface area (Å²) in [7, 11) is 1.01. The zero-order chi connectivity index (χ0) is 19.2. The number of likely N-dealkylation sites (N-methyl/N-ethyl adjacent to an activating group) is 1. The normalized spacial score (nSPS) is 14.2. The Labute approximate surface area is 144 Å². The smallest absolute Gasteiger partial charge is 0.433 e. The van der Waals surface area contributed by atoms with Gasteiger partial charge in [-0.15, -0.1) is 0 Å². The third kappa shape index (κ3) is 2.91. The van der Waals surface area contributed by atoms with Crippen LogP contribution < -0.4 is 15.1 Å². The second kappa shape index (κ2) is 6.11. The van der Waals surface area contributed by atoms with Crippen molar-refractivity contribution in [1.82, 2.24) is 9.78 Å². The molecule has 0 saturated carbocycles. The fourth-order valence-electron chi connectivity index (χ4n) is 2.74. The van der Waals surface area contributed by atoms with E-state index in [0.717, 1.165) is 13.1 Å². The summed E-state index contributed by atoms with van der Waals surface area (Å²) in [4.78, 5) is 25.3. The Morgan fingerprint density at radius 3 is 2.54 bits per heavy atom. The van der Waals surface area contributed by atoms with Crippen LogP contribution >= 0.6 is 0 Å². The van der Waals surface area contributed by atoms with E-state index in [2.05, 4.69) is 5.10 Å². The first-order valence-corrected chi connectivity index (χ1v) is 7.56. The van der Waals surface area contributed by atoms with Gasteiger partial charge >= 0.3 is 6.18 Å². The van der Waals surface area contributed by atoms with Crippen molar-refractivity contribution < 1.29 is 27.1 Å². The van der Waals surface area contributed by atoms with Crippen molar-refractivity contribution >= 4 is 11.6 Å². The van der Waals surface area contributed by atoms with Crippen molar-refractivity contribution in [1.29, 1.82) is 0 Å². The first kappa shape index (κ1) is 17.9. The van der Waals surface area contributed by atoms with Crippen molar-refractivity contribution in [3.8, 4) is 17.0 Å². The number of rotatable bonds is 2. The van der Waals surface area contributed by atoms with Gasteiger partial charge in [-0.25, -0.2) is 4.39 Å². The molecule has 0 saturated heterocycles. The highest BCUT2D eigenvalue weighted by atomic mass is 19.4. The molecular formula is C16H13F4N3O3. The number of nitrogens with zero attached hydrogens (tertiary/aromatic N) is 3. The SMILES string of the molecule is CCN1C(=O)COc2cc(F)c(-c3nn(C)c(C(F)(F)F)cc3=O)cc21. The van der Waals surface area contributed by atoms with Crippen LogP contribution in [0.1, 0.15) is 12.6 Å². The number of aromatic nitrogens is 2. The molecule has 0 spiro atoms. The number of hydrogen-bond acceptors (Lipinski definition) is 4. The number of aryl methyl sites for hydroxylation is 1. The summed E-state index contributed by atoms with van der Waals surface area (Å²) in [6.07, 6.45) is -4.77. The fraction of sp³-hybridized carbons (Fsp3) is 0.312. The molecule has 26 heavy (non-hydrogen) atoms. The average Bonchev–Trinajstić information content (AvgIpc) is 2.55. The van der Waals surface area contributed by atoms with Gasteiger partial charge in [-0.3, -0.25) is 14.3 Å². The molecule has 0 bridgehead atoms. The average molecular weight is 371 g/mol. The zero-order valence-electron chi connectivity index (χ0n) is 13.7. The van der Waals surface area contributed by atoms with Gasteiger partial charge in [0.15, 0.2) is 6.61 Å². The van der Waals surface area contributed by atoms with Crippen LogP contribution in [-0.4, -0.2) is 28.8 Å². The predicted octanol–water partition coefficient (Wildman–Crippen LogP) is 2.35. The predicted molar refractivity (Wildman–Crippen MR) is 83.4 cm³/mol. The first-order chi connectivity index (χ1) is 12.1. The van der Waals surface area contributed by atoms with E-state index in [1.807, 2.05) is 0 Å². The summed E-state index contributed by atoms with van der Waals surface area (Å²) in [5.74, 6) is -1.14. The Bertz CT molecular complexity index is 953. The maximum atomic E-state index is 14.4. The minimum Gasteiger partial charge on any atom is -0.481 e. The minimum atomic E-state index is -4.77. The molecule has 1 aromatic heterocycles. The van der Waals surface area contributed by atoms with Crippen molar-refractivity contribution in [3.05, 3.63) is 39.9 Å². The molecule has 1 aliphatic rings. The van der Waals surface area contributed by atoms with Crippen LogP contribution in [0.4, 0.5) is 23.2 Å². The summed E-state index contributed by atoms with van der Waals surface area (Å²) in [6, 6.07) is 2.53. The molecular weight excluding hydrogens is 358 g/mol. The Balaban J connectivity index is 2.20. The molecule has 1 amide bonds. The first-order valence-electron chi connectivity index (χ1n) is 7.56. The number of carbonyl (C=O) groups is 1. The molecule has 2 aromatic rings. The second-order valence-corrected chi connectivity index (χ2v) is 5.59. The summed E-state index contributed by atoms with van der Waals surface area (Å²) in [5.41, 5.74) is -2.91. The molecule has 2 heterocycles. The van der Waals surface area contributed by atoms with E-state index in [0.29, 0.717) is 10.7 Å². The molecule has 3 rings (SSSR count). The van der Waals surface area contributed by atoms with E-state index >= 15 is 0 Å². The summed E-state index contributed by atoms with van der Waals surface area (Å²) in [5, 5.41) is 3.59. The standard InChI is InChI=1S/C16H13F4N3O3/c1-3-23-10-4-8(9(17)5-12(10)26-7-14(23)25)15-11(24)6-13(16(18,19)20)22(2)21-15/h4-6H,3,7H2,1-2H3. The van der Waals surface area contributed by atoms with Gasteiger partial charge < -0.3 is 9.64 Å². The van der Waals surface area contributed by atoms with Gasteiger partial charge in [0.1, 0.15) is 23.0 Å². The molecule has 0 aliphatic carbocycles. The van der Waals surface area contributed by atoms with E-state index in [9.17, 15) is 27.2 Å². The molecule has 0 unspecified atom stereocenters. The van der Waals surface area contributed by atoms with Gasteiger partial charge in [0, 0.05) is 31.3 Å². The van der Waals surface area contributed by atoms with Crippen LogP contribution in [0.3, 0.4) is 0 Å². The lowest BCUT2D eigenvalue weighted by molar-refractivity contribution is -0.144. The van der Waals surface area contributed by atoms with Crippen LogP contribution in [0.2, 0.25) is 0 Å². The molecule has 0 fully saturated rings. The second-order valence-electron chi connectivity index (χ2n) is 5.59. The van der Waals surface area contributed by atoms with Crippen molar-refractivity contribution in [2.45, 2.75) is 13.1 Å². The quantitative estimate of drug-likeness (QED) is 0.761. The molecule has 0 N–H and O–H groups in total. The lowest BCUT2D eigenvalue weighted by atomic mass is 10.1. The van der Waals surface area contributed by atoms with Gasteiger partial charge in [0.2, 0.25) is 5.43 Å². The number of carbonyl (C=O) groups excluding carboxylic acids is 1. The zero-order valence-corrected chi connectivity index (χ0v) is 13.7. The van der Waals surface area contributed by atoms with Crippen LogP contribution in [0, 0.1) is 5.82 Å². The molecule has 0 atom stereocenters. The largest absolute Gasteiger partial charge is 0.481 e. The van der Waals surface area contributed by atoms with Crippen LogP contribution in [0.15, 0.2) is 23.0 Å². The summed E-state index contributed by atoms with van der Waals surface area (Å²) >= 11 is 0. The molecule has 0 radical (unpaired) electrons. The van der Waals surface area contributed by atoms with Gasteiger partial charge in [-0.1, -0.05) is 0 Å². The molecule has 10 heteroatoms. The van der Waals surface area contributed by atoms with Gasteiger partial charge in [0.05, 0.1) is 5.69 Å². The number of benzene rings is 1. The number of amides is 1. The van der Waals surface area contributed by atoms with E-state index < -0.39 is 28.8 Å². The fourth-order valence-corrected chi connectivity index (χ4v) is 2.74. The van der Waals surface area contributed by atoms with Gasteiger partial charge in [0.25, 0.3) is 5.91 Å². The number of halogens is 4. The third-order valence-corrected chi connectivity index (χ3v) is 3.95. The molecule has 1 aromatic carbocycles. The maximum Gasteiger partial charge on any atom is 0.433 e. The van der Waals surface area contributed by atoms with Crippen LogP contribution in [0.25, 0.3) is 11.3 Å². The van der Waals surface area contributed by atoms with E-state index in [4.69, 9.17) is 4.74 Å². The third-order valence-electron chi connectivity index (χ3n) is 3.95. The van der Waals surface area contributed by atoms with Crippen LogP contribution in [-0.2, 0) is 18.0 Å². The number of fused-ring (bicyclic) bond motifs is 1. The Morgan fingerprint density at radius 1 is 1.23 bits per heavy atom. The van der Waals surface area contributed by atoms with E-state index in [1.165, 1.54) is 11.0 Å².